The summed E-state index contributed by atoms with van der Waals surface area (Å²) < 4.78 is 27.6. The molecule has 1 aromatic heterocycles. The first-order valence-corrected chi connectivity index (χ1v) is 14.2. The van der Waals surface area contributed by atoms with Crippen molar-refractivity contribution in [1.82, 2.24) is 14.9 Å². The van der Waals surface area contributed by atoms with Crippen molar-refractivity contribution < 1.29 is 13.2 Å². The molecule has 0 spiro atoms. The number of carbonyl (C=O) groups excluding carboxylic acids is 1. The van der Waals surface area contributed by atoms with Gasteiger partial charge in [-0.15, -0.1) is 11.3 Å². The first-order chi connectivity index (χ1) is 15.0. The van der Waals surface area contributed by atoms with Crippen LogP contribution in [0, 0.1) is 0 Å². The van der Waals surface area contributed by atoms with Crippen molar-refractivity contribution in [2.24, 2.45) is 0 Å². The number of thioether (sulfide) groups is 1. The fourth-order valence-corrected chi connectivity index (χ4v) is 7.12. The molecule has 168 valence electrons. The minimum absolute atomic E-state index is 0.0750. The first-order valence-electron chi connectivity index (χ1n) is 10.7. The Bertz CT molecular complexity index is 963. The summed E-state index contributed by atoms with van der Waals surface area (Å²) in [5.41, 5.74) is 0.561. The van der Waals surface area contributed by atoms with Crippen LogP contribution in [0.1, 0.15) is 40.9 Å². The molecule has 31 heavy (non-hydrogen) atoms. The van der Waals surface area contributed by atoms with E-state index in [1.54, 1.807) is 12.1 Å². The summed E-state index contributed by atoms with van der Waals surface area (Å²) in [6.45, 7) is 3.09. The lowest BCUT2D eigenvalue weighted by Crippen LogP contribution is -2.56. The van der Waals surface area contributed by atoms with Crippen LogP contribution in [0.5, 0.6) is 0 Å². The number of nitrogens with one attached hydrogen (secondary N) is 2. The highest BCUT2D eigenvalue weighted by Gasteiger charge is 2.40. The first kappa shape index (κ1) is 22.8. The van der Waals surface area contributed by atoms with Gasteiger partial charge in [0.15, 0.2) is 0 Å². The van der Waals surface area contributed by atoms with Crippen molar-refractivity contribution in [3.8, 4) is 0 Å². The Morgan fingerprint density at radius 1 is 1.06 bits per heavy atom. The molecule has 1 saturated carbocycles. The quantitative estimate of drug-likeness (QED) is 0.607. The van der Waals surface area contributed by atoms with Crippen LogP contribution >= 0.6 is 23.1 Å². The molecule has 4 rings (SSSR count). The van der Waals surface area contributed by atoms with Crippen LogP contribution in [-0.4, -0.2) is 55.9 Å². The third-order valence-electron chi connectivity index (χ3n) is 6.24. The number of benzene rings is 1. The SMILES string of the molecule is O=C(NCC1(N2CCSCC2)CCCC1)c1ccc(S(=O)(=O)NCc2cccs2)cc1. The molecule has 0 radical (unpaired) electrons. The van der Waals surface area contributed by atoms with E-state index in [0.29, 0.717) is 12.1 Å². The largest absolute Gasteiger partial charge is 0.350 e. The Morgan fingerprint density at radius 2 is 1.77 bits per heavy atom. The number of thiophene rings is 1. The van der Waals surface area contributed by atoms with Crippen LogP contribution in [0.3, 0.4) is 0 Å². The number of hydrogen-bond acceptors (Lipinski definition) is 6. The van der Waals surface area contributed by atoms with Crippen LogP contribution in [0.4, 0.5) is 0 Å². The zero-order chi connectivity index (χ0) is 21.7. The Labute approximate surface area is 192 Å². The summed E-state index contributed by atoms with van der Waals surface area (Å²) in [6, 6.07) is 9.96. The van der Waals surface area contributed by atoms with Gasteiger partial charge in [-0.25, -0.2) is 13.1 Å². The van der Waals surface area contributed by atoms with Crippen LogP contribution in [-0.2, 0) is 16.6 Å². The fourth-order valence-electron chi connectivity index (χ4n) is 4.47. The van der Waals surface area contributed by atoms with Gasteiger partial charge in [-0.1, -0.05) is 18.9 Å². The van der Waals surface area contributed by atoms with Crippen LogP contribution < -0.4 is 10.0 Å². The van der Waals surface area contributed by atoms with E-state index in [0.717, 1.165) is 42.3 Å². The van der Waals surface area contributed by atoms with Crippen LogP contribution in [0.15, 0.2) is 46.7 Å². The highest BCUT2D eigenvalue weighted by molar-refractivity contribution is 7.99. The van der Waals surface area contributed by atoms with Gasteiger partial charge in [0.2, 0.25) is 10.0 Å². The van der Waals surface area contributed by atoms with Crippen molar-refractivity contribution in [3.05, 3.63) is 52.2 Å². The van der Waals surface area contributed by atoms with Gasteiger partial charge in [0.25, 0.3) is 5.91 Å². The molecule has 2 aromatic rings. The van der Waals surface area contributed by atoms with Gasteiger partial charge < -0.3 is 5.32 Å². The molecule has 2 N–H and O–H groups in total. The molecular formula is C22H29N3O3S3. The van der Waals surface area contributed by atoms with E-state index in [-0.39, 0.29) is 22.9 Å². The second kappa shape index (κ2) is 10.0. The van der Waals surface area contributed by atoms with E-state index < -0.39 is 10.0 Å². The number of rotatable bonds is 8. The van der Waals surface area contributed by atoms with E-state index in [2.05, 4.69) is 14.9 Å². The van der Waals surface area contributed by atoms with Gasteiger partial charge in [0.05, 0.1) is 4.90 Å². The highest BCUT2D eigenvalue weighted by Crippen LogP contribution is 2.36. The van der Waals surface area contributed by atoms with Gasteiger partial charge in [0, 0.05) is 53.7 Å². The number of amides is 1. The van der Waals surface area contributed by atoms with Crippen molar-refractivity contribution >= 4 is 39.0 Å². The second-order valence-corrected chi connectivity index (χ2v) is 12.2. The van der Waals surface area contributed by atoms with Gasteiger partial charge in [0.1, 0.15) is 0 Å². The Balaban J connectivity index is 1.36. The summed E-state index contributed by atoms with van der Waals surface area (Å²) in [5, 5.41) is 5.04. The van der Waals surface area contributed by atoms with Gasteiger partial charge in [-0.05, 0) is 48.6 Å². The minimum Gasteiger partial charge on any atom is -0.350 e. The zero-order valence-electron chi connectivity index (χ0n) is 17.5. The molecule has 1 aromatic carbocycles. The average Bonchev–Trinajstić information content (AvgIpc) is 3.50. The van der Waals surface area contributed by atoms with Crippen molar-refractivity contribution in [2.45, 2.75) is 42.7 Å². The van der Waals surface area contributed by atoms with Gasteiger partial charge in [-0.2, -0.15) is 11.8 Å². The lowest BCUT2D eigenvalue weighted by Gasteiger charge is -2.43. The molecule has 1 aliphatic heterocycles. The van der Waals surface area contributed by atoms with E-state index >= 15 is 0 Å². The molecule has 2 fully saturated rings. The van der Waals surface area contributed by atoms with E-state index in [1.165, 1.54) is 36.3 Å². The zero-order valence-corrected chi connectivity index (χ0v) is 20.0. The Hall–Kier alpha value is -1.39. The maximum atomic E-state index is 12.8. The minimum atomic E-state index is -3.61. The number of carbonyl (C=O) groups is 1. The molecular weight excluding hydrogens is 450 g/mol. The predicted octanol–water partition coefficient (Wildman–Crippen LogP) is 3.32. The lowest BCUT2D eigenvalue weighted by molar-refractivity contribution is 0.0817. The number of nitrogens with zero attached hydrogens (tertiary/aromatic N) is 1. The summed E-state index contributed by atoms with van der Waals surface area (Å²) >= 11 is 3.51. The van der Waals surface area contributed by atoms with Gasteiger partial charge in [-0.3, -0.25) is 9.69 Å². The van der Waals surface area contributed by atoms with Crippen molar-refractivity contribution in [3.63, 3.8) is 0 Å². The maximum absolute atomic E-state index is 12.8. The van der Waals surface area contributed by atoms with E-state index in [4.69, 9.17) is 0 Å². The van der Waals surface area contributed by atoms with E-state index in [1.807, 2.05) is 29.3 Å². The van der Waals surface area contributed by atoms with Gasteiger partial charge >= 0.3 is 0 Å². The predicted molar refractivity (Wildman–Crippen MR) is 127 cm³/mol. The maximum Gasteiger partial charge on any atom is 0.251 e. The molecule has 1 amide bonds. The summed E-state index contributed by atoms with van der Waals surface area (Å²) in [6.07, 6.45) is 4.69. The number of hydrogen-bond donors (Lipinski definition) is 2. The molecule has 9 heteroatoms. The van der Waals surface area contributed by atoms with E-state index in [9.17, 15) is 13.2 Å². The molecule has 0 atom stereocenters. The standard InChI is InChI=1S/C22H29N3O3S3/c26-21(23-17-22(9-1-2-10-22)25-11-14-29-15-12-25)18-5-7-20(8-6-18)31(27,28)24-16-19-4-3-13-30-19/h3-8,13,24H,1-2,9-12,14-17H2,(H,23,26). The third-order valence-corrected chi connectivity index (χ3v) is 9.47. The molecule has 2 heterocycles. The molecule has 0 unspecified atom stereocenters. The highest BCUT2D eigenvalue weighted by atomic mass is 32.2. The molecule has 0 bridgehead atoms. The third kappa shape index (κ3) is 5.51. The molecule has 1 saturated heterocycles. The summed E-state index contributed by atoms with van der Waals surface area (Å²) in [7, 11) is -3.61. The Kier molecular flexibility index (Phi) is 7.38. The van der Waals surface area contributed by atoms with Crippen LogP contribution in [0.2, 0.25) is 0 Å². The lowest BCUT2D eigenvalue weighted by atomic mass is 9.94. The second-order valence-electron chi connectivity index (χ2n) is 8.14. The molecule has 6 nitrogen and oxygen atoms in total. The van der Waals surface area contributed by atoms with Crippen molar-refractivity contribution in [2.75, 3.05) is 31.1 Å². The topological polar surface area (TPSA) is 78.5 Å². The normalized spacial score (nSPS) is 19.4. The number of sulfonamides is 1. The average molecular weight is 480 g/mol. The summed E-state index contributed by atoms with van der Waals surface area (Å²) in [4.78, 5) is 16.5. The Morgan fingerprint density at radius 3 is 2.42 bits per heavy atom. The van der Waals surface area contributed by atoms with Crippen molar-refractivity contribution in [1.29, 1.82) is 0 Å². The molecule has 2 aliphatic rings. The summed E-state index contributed by atoms with van der Waals surface area (Å²) in [5.74, 6) is 2.17. The smallest absolute Gasteiger partial charge is 0.251 e. The van der Waals surface area contributed by atoms with Crippen LogP contribution in [0.25, 0.3) is 0 Å². The monoisotopic (exact) mass is 479 g/mol. The molecule has 1 aliphatic carbocycles. The fraction of sp³-hybridized carbons (Fsp3) is 0.500.